The predicted octanol–water partition coefficient (Wildman–Crippen LogP) is 3.62. The minimum atomic E-state index is -3.71. The van der Waals surface area contributed by atoms with Crippen LogP contribution in [0.5, 0.6) is 0 Å². The van der Waals surface area contributed by atoms with Gasteiger partial charge in [-0.3, -0.25) is 9.59 Å². The summed E-state index contributed by atoms with van der Waals surface area (Å²) in [5, 5.41) is 65.3. The maximum Gasteiger partial charge on any atom is 0.251 e. The second kappa shape index (κ2) is 22.0. The molecule has 0 spiro atoms. The molecule has 0 radical (unpaired) electrons. The molecule has 14 heteroatoms. The van der Waals surface area contributed by atoms with Crippen LogP contribution < -0.4 is 15.5 Å². The number of amides is 2. The predicted molar refractivity (Wildman–Crippen MR) is 214 cm³/mol. The van der Waals surface area contributed by atoms with Gasteiger partial charge in [0.1, 0.15) is 18.3 Å². The highest BCUT2D eigenvalue weighted by atomic mass is 32.2. The first-order valence-electron chi connectivity index (χ1n) is 19.8. The molecule has 0 fully saturated rings. The fraction of sp³-hybridized carbons (Fsp3) is 0.659. The SMILES string of the molecule is CCCCC1(CC)CS(=O)(=O)c2ccc(N(C)C)cc2[C@H](c2cccc(NC(=O)CCCCCCCCCCNC(=O)[C@@H](O)[C@H](O)[C@@H](O)[C@H](O)CO)c2)[C@@H]1O. The van der Waals surface area contributed by atoms with Crippen molar-refractivity contribution >= 4 is 33.0 Å². The van der Waals surface area contributed by atoms with Crippen molar-refractivity contribution in [3.8, 4) is 0 Å². The molecule has 2 amide bonds. The van der Waals surface area contributed by atoms with Crippen molar-refractivity contribution in [1.82, 2.24) is 5.32 Å². The number of nitrogens with one attached hydrogen (secondary N) is 2. The number of rotatable bonds is 23. The number of aliphatic hydroxyl groups is 6. The quantitative estimate of drug-likeness (QED) is 0.0761. The van der Waals surface area contributed by atoms with Crippen molar-refractivity contribution < 1.29 is 48.6 Å². The summed E-state index contributed by atoms with van der Waals surface area (Å²) in [5.74, 6) is -1.71. The van der Waals surface area contributed by atoms with Crippen LogP contribution in [-0.2, 0) is 19.4 Å². The molecule has 1 aliphatic heterocycles. The van der Waals surface area contributed by atoms with Crippen LogP contribution in [0, 0.1) is 5.41 Å². The van der Waals surface area contributed by atoms with Gasteiger partial charge in [-0.15, -0.1) is 0 Å². The van der Waals surface area contributed by atoms with Crippen LogP contribution in [0.25, 0.3) is 0 Å². The Hall–Kier alpha value is -3.11. The van der Waals surface area contributed by atoms with Crippen LogP contribution in [0.3, 0.4) is 0 Å². The van der Waals surface area contributed by atoms with Gasteiger partial charge in [0.2, 0.25) is 5.91 Å². The maximum atomic E-state index is 14.0. The second-order valence-electron chi connectivity index (χ2n) is 15.3. The first kappa shape index (κ1) is 46.3. The number of nitrogens with zero attached hydrogens (tertiary/aromatic N) is 1. The first-order valence-corrected chi connectivity index (χ1v) is 21.5. The molecular weight excluding hydrogens is 727 g/mol. The highest BCUT2D eigenvalue weighted by molar-refractivity contribution is 7.91. The Kier molecular flexibility index (Phi) is 18.5. The standard InChI is InChI=1S/C41H65N3O10S/c1-5-7-22-41(6-2)27-55(53,54)33-21-20-30(44(3)4)25-31(33)35(39(41)51)28-17-16-18-29(24-28)43-34(47)19-14-12-10-8-9-11-13-15-23-42-40(52)38(50)37(49)36(48)32(46)26-45/h16-18,20-21,24-25,32,35-39,45-46,48-51H,5-15,19,22-23,26-27H2,1-4H3,(H,42,52)(H,43,47)/t32-,35+,36+,37-,38+,39+,41?/m1/s1. The number of unbranched alkanes of at least 4 members (excludes halogenated alkanes) is 8. The smallest absolute Gasteiger partial charge is 0.251 e. The normalized spacial score (nSPS) is 21.4. The highest BCUT2D eigenvalue weighted by Gasteiger charge is 2.49. The molecule has 1 aliphatic rings. The third-order valence-electron chi connectivity index (χ3n) is 11.0. The van der Waals surface area contributed by atoms with Crippen molar-refractivity contribution in [3.63, 3.8) is 0 Å². The van der Waals surface area contributed by atoms with Crippen molar-refractivity contribution in [2.75, 3.05) is 43.2 Å². The molecule has 1 unspecified atom stereocenters. The van der Waals surface area contributed by atoms with Gasteiger partial charge in [-0.25, -0.2) is 8.42 Å². The van der Waals surface area contributed by atoms with Crippen molar-refractivity contribution in [1.29, 1.82) is 0 Å². The van der Waals surface area contributed by atoms with Crippen LogP contribution >= 0.6 is 0 Å². The van der Waals surface area contributed by atoms with E-state index in [0.29, 0.717) is 36.9 Å². The van der Waals surface area contributed by atoms with Crippen LogP contribution in [0.1, 0.15) is 114 Å². The molecule has 2 aromatic carbocycles. The van der Waals surface area contributed by atoms with Gasteiger partial charge in [0.15, 0.2) is 15.9 Å². The van der Waals surface area contributed by atoms with E-state index in [2.05, 4.69) is 17.6 Å². The summed E-state index contributed by atoms with van der Waals surface area (Å²) >= 11 is 0. The van der Waals surface area contributed by atoms with Gasteiger partial charge in [0, 0.05) is 49.8 Å². The molecule has 1 heterocycles. The fourth-order valence-electron chi connectivity index (χ4n) is 7.50. The van der Waals surface area contributed by atoms with Gasteiger partial charge in [-0.05, 0) is 67.1 Å². The Bertz CT molecular complexity index is 1620. The number of hydrogen-bond donors (Lipinski definition) is 8. The average Bonchev–Trinajstić information content (AvgIpc) is 3.24. The highest BCUT2D eigenvalue weighted by Crippen LogP contribution is 2.49. The number of carbonyl (C=O) groups excluding carboxylic acids is 2. The Morgan fingerprint density at radius 1 is 0.891 bits per heavy atom. The van der Waals surface area contributed by atoms with Crippen molar-refractivity contribution in [2.45, 2.75) is 139 Å². The van der Waals surface area contributed by atoms with E-state index < -0.39 is 64.2 Å². The molecule has 310 valence electrons. The van der Waals surface area contributed by atoms with E-state index in [4.69, 9.17) is 5.11 Å². The Labute approximate surface area is 327 Å². The number of fused-ring (bicyclic) bond motifs is 1. The zero-order valence-electron chi connectivity index (χ0n) is 33.0. The number of hydrogen-bond acceptors (Lipinski definition) is 11. The van der Waals surface area contributed by atoms with Gasteiger partial charge >= 0.3 is 0 Å². The van der Waals surface area contributed by atoms with Crippen molar-refractivity contribution in [2.24, 2.45) is 5.41 Å². The molecule has 7 atom stereocenters. The van der Waals surface area contributed by atoms with Gasteiger partial charge in [0.05, 0.1) is 23.4 Å². The summed E-state index contributed by atoms with van der Waals surface area (Å²) in [6.45, 7) is 3.49. The van der Waals surface area contributed by atoms with E-state index in [-0.39, 0.29) is 23.1 Å². The van der Waals surface area contributed by atoms with Crippen molar-refractivity contribution in [3.05, 3.63) is 53.6 Å². The minimum absolute atomic E-state index is 0.110. The Morgan fingerprint density at radius 2 is 1.55 bits per heavy atom. The van der Waals surface area contributed by atoms with E-state index in [0.717, 1.165) is 69.0 Å². The zero-order valence-corrected chi connectivity index (χ0v) is 33.8. The average molecular weight is 792 g/mol. The first-order chi connectivity index (χ1) is 26.1. The Morgan fingerprint density at radius 3 is 2.16 bits per heavy atom. The molecule has 0 saturated carbocycles. The van der Waals surface area contributed by atoms with E-state index in [1.807, 2.05) is 56.3 Å². The molecule has 2 aromatic rings. The van der Waals surface area contributed by atoms with E-state index in [1.54, 1.807) is 12.1 Å². The molecule has 0 aliphatic carbocycles. The molecular formula is C41H65N3O10S. The van der Waals surface area contributed by atoms with Crippen LogP contribution in [0.4, 0.5) is 11.4 Å². The van der Waals surface area contributed by atoms with E-state index >= 15 is 0 Å². The summed E-state index contributed by atoms with van der Waals surface area (Å²) in [6, 6.07) is 12.8. The van der Waals surface area contributed by atoms with E-state index in [9.17, 15) is 43.5 Å². The topological polar surface area (TPSA) is 217 Å². The summed E-state index contributed by atoms with van der Waals surface area (Å²) < 4.78 is 27.9. The monoisotopic (exact) mass is 791 g/mol. The molecule has 0 aromatic heterocycles. The molecule has 8 N–H and O–H groups in total. The van der Waals surface area contributed by atoms with Crippen LogP contribution in [-0.4, -0.2) is 114 Å². The number of anilines is 2. The van der Waals surface area contributed by atoms with Crippen LogP contribution in [0.15, 0.2) is 47.4 Å². The van der Waals surface area contributed by atoms with Crippen LogP contribution in [0.2, 0.25) is 0 Å². The molecule has 0 saturated heterocycles. The lowest BCUT2D eigenvalue weighted by Gasteiger charge is -2.39. The lowest BCUT2D eigenvalue weighted by Crippen LogP contribution is -2.51. The second-order valence-corrected chi connectivity index (χ2v) is 17.3. The maximum absolute atomic E-state index is 14.0. The molecule has 13 nitrogen and oxygen atoms in total. The lowest BCUT2D eigenvalue weighted by atomic mass is 9.69. The molecule has 0 bridgehead atoms. The number of aliphatic hydroxyl groups excluding tert-OH is 6. The van der Waals surface area contributed by atoms with Gasteiger partial charge in [-0.1, -0.05) is 77.3 Å². The summed E-state index contributed by atoms with van der Waals surface area (Å²) in [4.78, 5) is 27.2. The number of sulfone groups is 1. The number of carbonyl (C=O) groups is 2. The third kappa shape index (κ3) is 12.7. The summed E-state index contributed by atoms with van der Waals surface area (Å²) in [5.41, 5.74) is 1.94. The third-order valence-corrected chi connectivity index (χ3v) is 13.0. The largest absolute Gasteiger partial charge is 0.394 e. The van der Waals surface area contributed by atoms with Gasteiger partial charge < -0.3 is 46.2 Å². The fourth-order valence-corrected chi connectivity index (χ4v) is 9.75. The zero-order chi connectivity index (χ0) is 40.8. The minimum Gasteiger partial charge on any atom is -0.394 e. The van der Waals surface area contributed by atoms with Gasteiger partial charge in [-0.2, -0.15) is 0 Å². The molecule has 3 rings (SSSR count). The van der Waals surface area contributed by atoms with Gasteiger partial charge in [0.25, 0.3) is 5.91 Å². The molecule has 55 heavy (non-hydrogen) atoms. The Balaban J connectivity index is 1.51. The lowest BCUT2D eigenvalue weighted by molar-refractivity contribution is -0.148. The van der Waals surface area contributed by atoms with E-state index in [1.165, 1.54) is 0 Å². The summed E-state index contributed by atoms with van der Waals surface area (Å²) in [7, 11) is 0.0905. The number of benzene rings is 2. The summed E-state index contributed by atoms with van der Waals surface area (Å²) in [6.07, 6.45) is 1.85.